The molecule has 15 heteroatoms. The summed E-state index contributed by atoms with van der Waals surface area (Å²) in [7, 11) is 0. The van der Waals surface area contributed by atoms with Gasteiger partial charge < -0.3 is 48.9 Å². The van der Waals surface area contributed by atoms with E-state index >= 15 is 0 Å². The Labute approximate surface area is 271 Å². The topological polar surface area (TPSA) is 265 Å². The molecule has 248 valence electrons. The molecule has 0 saturated carbocycles. The number of carbonyl (C=O) groups is 4. The summed E-state index contributed by atoms with van der Waals surface area (Å²) in [5, 5.41) is 9.08. The molecule has 0 aliphatic rings. The molecular weight excluding hydrogens is 602 g/mol. The first kappa shape index (κ1) is 34.2. The Hall–Kier alpha value is -5.70. The second-order valence-corrected chi connectivity index (χ2v) is 11.2. The number of nitrogens with two attached hydrogens (primary N) is 4. The Morgan fingerprint density at radius 1 is 0.787 bits per heavy atom. The van der Waals surface area contributed by atoms with E-state index in [-0.39, 0.29) is 38.2 Å². The number of hydrogen-bond donors (Lipinski definition) is 9. The minimum atomic E-state index is -1.12. The van der Waals surface area contributed by atoms with Crippen LogP contribution in [0.4, 0.5) is 0 Å². The highest BCUT2D eigenvalue weighted by molar-refractivity contribution is 5.95. The first-order valence-corrected chi connectivity index (χ1v) is 15.2. The quantitative estimate of drug-likeness (QED) is 0.0400. The van der Waals surface area contributed by atoms with Gasteiger partial charge in [0.15, 0.2) is 5.96 Å². The Bertz CT molecular complexity index is 1670. The van der Waals surface area contributed by atoms with E-state index < -0.39 is 47.8 Å². The Balaban J connectivity index is 1.51. The molecule has 4 aromatic rings. The van der Waals surface area contributed by atoms with Crippen molar-refractivity contribution in [3.8, 4) is 0 Å². The van der Waals surface area contributed by atoms with Crippen molar-refractivity contribution < 1.29 is 19.2 Å². The molecule has 0 spiro atoms. The minimum Gasteiger partial charge on any atom is -0.370 e. The van der Waals surface area contributed by atoms with Crippen LogP contribution >= 0.6 is 0 Å². The highest BCUT2D eigenvalue weighted by Crippen LogP contribution is 2.19. The fourth-order valence-electron chi connectivity index (χ4n) is 5.12. The van der Waals surface area contributed by atoms with Crippen LogP contribution < -0.4 is 38.9 Å². The molecule has 0 unspecified atom stereocenters. The van der Waals surface area contributed by atoms with E-state index in [4.69, 9.17) is 22.9 Å². The maximum Gasteiger partial charge on any atom is 0.243 e. The number of amides is 4. The van der Waals surface area contributed by atoms with E-state index in [0.717, 1.165) is 22.0 Å². The van der Waals surface area contributed by atoms with Gasteiger partial charge in [-0.2, -0.15) is 0 Å². The highest BCUT2D eigenvalue weighted by atomic mass is 16.2. The molecule has 47 heavy (non-hydrogen) atoms. The van der Waals surface area contributed by atoms with Crippen molar-refractivity contribution in [2.75, 3.05) is 6.54 Å². The van der Waals surface area contributed by atoms with Gasteiger partial charge in [0.1, 0.15) is 18.1 Å². The van der Waals surface area contributed by atoms with Gasteiger partial charge in [0.2, 0.25) is 23.6 Å². The van der Waals surface area contributed by atoms with Crippen LogP contribution in [0.25, 0.3) is 10.9 Å². The molecular formula is C32H41N11O4. The second-order valence-electron chi connectivity index (χ2n) is 11.2. The molecule has 4 amide bonds. The lowest BCUT2D eigenvalue weighted by Gasteiger charge is -2.25. The third kappa shape index (κ3) is 10.2. The summed E-state index contributed by atoms with van der Waals surface area (Å²) in [6.07, 6.45) is 5.67. The van der Waals surface area contributed by atoms with E-state index in [0.29, 0.717) is 12.1 Å². The van der Waals surface area contributed by atoms with Crippen LogP contribution in [-0.2, 0) is 38.4 Å². The largest absolute Gasteiger partial charge is 0.370 e. The summed E-state index contributed by atoms with van der Waals surface area (Å²) in [5.41, 5.74) is 25.8. The van der Waals surface area contributed by atoms with Crippen LogP contribution in [0.2, 0.25) is 0 Å². The number of fused-ring (bicyclic) bond motifs is 1. The summed E-state index contributed by atoms with van der Waals surface area (Å²) >= 11 is 0. The van der Waals surface area contributed by atoms with Gasteiger partial charge in [0.05, 0.1) is 12.4 Å². The Morgan fingerprint density at radius 3 is 2.17 bits per heavy atom. The number of para-hydroxylation sites is 1. The van der Waals surface area contributed by atoms with Crippen LogP contribution in [0.5, 0.6) is 0 Å². The predicted molar refractivity (Wildman–Crippen MR) is 177 cm³/mol. The zero-order chi connectivity index (χ0) is 33.8. The van der Waals surface area contributed by atoms with Gasteiger partial charge in [-0.25, -0.2) is 4.98 Å². The van der Waals surface area contributed by atoms with Crippen molar-refractivity contribution in [3.05, 3.63) is 90.1 Å². The number of H-pyrrole nitrogens is 2. The van der Waals surface area contributed by atoms with Crippen LogP contribution in [-0.4, -0.2) is 75.3 Å². The maximum absolute atomic E-state index is 13.8. The summed E-state index contributed by atoms with van der Waals surface area (Å²) in [6, 6.07) is 12.4. The number of aromatic nitrogens is 3. The molecule has 0 aliphatic heterocycles. The molecule has 2 aromatic heterocycles. The number of nitrogens with zero attached hydrogens (tertiary/aromatic N) is 2. The maximum atomic E-state index is 13.8. The summed E-state index contributed by atoms with van der Waals surface area (Å²) in [5.74, 6) is -2.66. The second kappa shape index (κ2) is 16.6. The molecule has 4 rings (SSSR count). The zero-order valence-electron chi connectivity index (χ0n) is 25.8. The van der Waals surface area contributed by atoms with Crippen LogP contribution in [0.15, 0.2) is 78.3 Å². The lowest BCUT2D eigenvalue weighted by molar-refractivity contribution is -0.133. The number of aliphatic imine (C=N–C) groups is 1. The standard InChI is InChI=1S/C32H41N11O4/c33-23(15-21-17-37-18-40-21)29(45)43-27(13-19-7-2-1-3-8-19)31(47)41-25(11-6-12-38-32(35)36)30(46)42-26(28(34)44)14-20-16-39-24-10-5-4-9-22(20)24/h1-5,7-10,16-18,23,25-27,39H,6,11-15,33H2,(H2,34,44)(H,37,40)(H,41,47)(H,42,46)(H,43,45)(H4,35,36,38)/t23-,25-,26+,27+/m0/s1. The van der Waals surface area contributed by atoms with E-state index in [9.17, 15) is 19.2 Å². The number of benzene rings is 2. The minimum absolute atomic E-state index is 0.111. The van der Waals surface area contributed by atoms with Crippen molar-refractivity contribution in [1.82, 2.24) is 30.9 Å². The SMILES string of the molecule is NC(=O)[C@@H](Cc1c[nH]c2ccccc12)NC(=O)[C@H](CCCN=C(N)N)NC(=O)[C@@H](Cc1ccccc1)NC(=O)[C@@H](N)Cc1cnc[nH]1. The number of primary amides is 1. The molecule has 2 aromatic carbocycles. The number of rotatable bonds is 17. The normalized spacial score (nSPS) is 13.6. The lowest BCUT2D eigenvalue weighted by atomic mass is 10.0. The van der Waals surface area contributed by atoms with Gasteiger partial charge in [-0.3, -0.25) is 24.2 Å². The van der Waals surface area contributed by atoms with Crippen LogP contribution in [0.1, 0.15) is 29.7 Å². The summed E-state index contributed by atoms with van der Waals surface area (Å²) in [4.78, 5) is 67.0. The average Bonchev–Trinajstić information content (AvgIpc) is 3.72. The van der Waals surface area contributed by atoms with Gasteiger partial charge in [-0.05, 0) is 30.0 Å². The molecule has 4 atom stereocenters. The lowest BCUT2D eigenvalue weighted by Crippen LogP contribution is -2.58. The third-order valence-corrected chi connectivity index (χ3v) is 7.58. The van der Waals surface area contributed by atoms with Crippen molar-refractivity contribution >= 4 is 40.5 Å². The number of aromatic amines is 2. The highest BCUT2D eigenvalue weighted by Gasteiger charge is 2.30. The predicted octanol–water partition coefficient (Wildman–Crippen LogP) is -0.760. The van der Waals surface area contributed by atoms with E-state index in [2.05, 4.69) is 35.9 Å². The first-order valence-electron chi connectivity index (χ1n) is 15.2. The summed E-state index contributed by atoms with van der Waals surface area (Å²) < 4.78 is 0. The zero-order valence-corrected chi connectivity index (χ0v) is 25.8. The molecule has 0 radical (unpaired) electrons. The molecule has 0 aliphatic carbocycles. The molecule has 15 nitrogen and oxygen atoms in total. The smallest absolute Gasteiger partial charge is 0.243 e. The van der Waals surface area contributed by atoms with Crippen molar-refractivity contribution in [2.45, 2.75) is 56.3 Å². The van der Waals surface area contributed by atoms with Gasteiger partial charge in [-0.1, -0.05) is 48.5 Å². The number of nitrogens with one attached hydrogen (secondary N) is 5. The fourth-order valence-corrected chi connectivity index (χ4v) is 5.12. The Kier molecular flexibility index (Phi) is 12.0. The summed E-state index contributed by atoms with van der Waals surface area (Å²) in [6.45, 7) is 0.198. The van der Waals surface area contributed by atoms with Crippen LogP contribution in [0.3, 0.4) is 0 Å². The van der Waals surface area contributed by atoms with Gasteiger partial charge in [-0.15, -0.1) is 0 Å². The van der Waals surface area contributed by atoms with E-state index in [1.165, 1.54) is 6.33 Å². The first-order chi connectivity index (χ1) is 22.6. The molecule has 0 saturated heterocycles. The van der Waals surface area contributed by atoms with Crippen molar-refractivity contribution in [1.29, 1.82) is 0 Å². The van der Waals surface area contributed by atoms with Gasteiger partial charge in [0, 0.05) is 54.8 Å². The van der Waals surface area contributed by atoms with Gasteiger partial charge >= 0.3 is 0 Å². The number of carbonyl (C=O) groups excluding carboxylic acids is 4. The van der Waals surface area contributed by atoms with E-state index in [1.54, 1.807) is 12.4 Å². The molecule has 0 bridgehead atoms. The monoisotopic (exact) mass is 643 g/mol. The number of guanidine groups is 1. The van der Waals surface area contributed by atoms with Crippen LogP contribution in [0, 0.1) is 0 Å². The fraction of sp³-hybridized carbons (Fsp3) is 0.312. The molecule has 13 N–H and O–H groups in total. The third-order valence-electron chi connectivity index (χ3n) is 7.58. The Morgan fingerprint density at radius 2 is 1.47 bits per heavy atom. The average molecular weight is 644 g/mol. The number of hydrogen-bond acceptors (Lipinski definition) is 7. The van der Waals surface area contributed by atoms with Gasteiger partial charge in [0.25, 0.3) is 0 Å². The van der Waals surface area contributed by atoms with Crippen molar-refractivity contribution in [3.63, 3.8) is 0 Å². The number of imidazole rings is 1. The molecule has 0 fully saturated rings. The van der Waals surface area contributed by atoms with E-state index in [1.807, 2.05) is 54.6 Å². The van der Waals surface area contributed by atoms with Crippen molar-refractivity contribution in [2.24, 2.45) is 27.9 Å². The molecule has 2 heterocycles.